The number of halogens is 1. The Morgan fingerprint density at radius 1 is 1.15 bits per heavy atom. The monoisotopic (exact) mass is 568 g/mol. The summed E-state index contributed by atoms with van der Waals surface area (Å²) in [6, 6.07) is 10.9. The minimum absolute atomic E-state index is 0.0380. The van der Waals surface area contributed by atoms with Crippen LogP contribution >= 0.6 is 0 Å². The first-order chi connectivity index (χ1) is 19.3. The Hall–Kier alpha value is -3.45. The number of morpholine rings is 2. The fourth-order valence-electron chi connectivity index (χ4n) is 5.56. The topological polar surface area (TPSA) is 111 Å². The van der Waals surface area contributed by atoms with Crippen LogP contribution < -0.4 is 0 Å². The second-order valence-corrected chi connectivity index (χ2v) is 12.2. The van der Waals surface area contributed by atoms with E-state index in [2.05, 4.69) is 10.00 Å². The van der Waals surface area contributed by atoms with E-state index < -0.39 is 38.3 Å². The van der Waals surface area contributed by atoms with Gasteiger partial charge in [-0.1, -0.05) is 24.3 Å². The summed E-state index contributed by atoms with van der Waals surface area (Å²) in [5.74, 6) is -2.01. The van der Waals surface area contributed by atoms with E-state index in [4.69, 9.17) is 9.47 Å². The van der Waals surface area contributed by atoms with Crippen molar-refractivity contribution < 1.29 is 31.9 Å². The van der Waals surface area contributed by atoms with Crippen LogP contribution in [0, 0.1) is 5.82 Å². The lowest BCUT2D eigenvalue weighted by atomic mass is 10.0. The molecule has 0 bridgehead atoms. The van der Waals surface area contributed by atoms with Crippen LogP contribution in [0.2, 0.25) is 0 Å². The van der Waals surface area contributed by atoms with E-state index in [1.807, 2.05) is 24.3 Å². The zero-order valence-corrected chi connectivity index (χ0v) is 22.8. The van der Waals surface area contributed by atoms with Gasteiger partial charge in [0.2, 0.25) is 0 Å². The third-order valence-electron chi connectivity index (χ3n) is 7.57. The highest BCUT2D eigenvalue weighted by Crippen LogP contribution is 2.42. The molecular formula is C28H29FN4O6S. The molecule has 2 aromatic carbocycles. The molecule has 3 aromatic rings. The molecule has 40 heavy (non-hydrogen) atoms. The molecule has 3 aliphatic heterocycles. The number of sulfone groups is 1. The maximum Gasteiger partial charge on any atom is 0.275 e. The van der Waals surface area contributed by atoms with Crippen LogP contribution in [0.15, 0.2) is 47.4 Å². The normalized spacial score (nSPS) is 22.4. The van der Waals surface area contributed by atoms with E-state index in [9.17, 15) is 22.4 Å². The second-order valence-electron chi connectivity index (χ2n) is 10.3. The summed E-state index contributed by atoms with van der Waals surface area (Å²) in [5, 5.41) is 4.63. The molecule has 0 aliphatic carbocycles. The average molecular weight is 569 g/mol. The number of amides is 1. The predicted octanol–water partition coefficient (Wildman–Crippen LogP) is 2.23. The van der Waals surface area contributed by atoms with Gasteiger partial charge in [0.05, 0.1) is 43.1 Å². The molecule has 2 fully saturated rings. The molecule has 6 rings (SSSR count). The van der Waals surface area contributed by atoms with Gasteiger partial charge >= 0.3 is 0 Å². The second kappa shape index (κ2) is 10.5. The first kappa shape index (κ1) is 26.8. The van der Waals surface area contributed by atoms with Crippen LogP contribution in [-0.4, -0.2) is 91.8 Å². The highest BCUT2D eigenvalue weighted by Gasteiger charge is 2.40. The zero-order valence-electron chi connectivity index (χ0n) is 22.0. The number of fused-ring (bicyclic) bond motifs is 3. The molecule has 2 saturated heterocycles. The summed E-state index contributed by atoms with van der Waals surface area (Å²) in [7, 11) is -4.10. The van der Waals surface area contributed by atoms with Gasteiger partial charge in [0.15, 0.2) is 15.5 Å². The van der Waals surface area contributed by atoms with Crippen molar-refractivity contribution in [2.75, 3.05) is 39.5 Å². The van der Waals surface area contributed by atoms with Crippen LogP contribution in [0.4, 0.5) is 4.39 Å². The molecule has 12 heteroatoms. The summed E-state index contributed by atoms with van der Waals surface area (Å²) in [6.45, 7) is 5.81. The van der Waals surface area contributed by atoms with Gasteiger partial charge < -0.3 is 19.2 Å². The number of aldehydes is 1. The van der Waals surface area contributed by atoms with Crippen molar-refractivity contribution >= 4 is 22.0 Å². The minimum atomic E-state index is -4.10. The highest BCUT2D eigenvalue weighted by molar-refractivity contribution is 7.91. The van der Waals surface area contributed by atoms with Gasteiger partial charge in [0, 0.05) is 37.3 Å². The summed E-state index contributed by atoms with van der Waals surface area (Å²) in [5.41, 5.74) is 2.27. The van der Waals surface area contributed by atoms with E-state index in [-0.39, 0.29) is 36.1 Å². The van der Waals surface area contributed by atoms with E-state index in [1.165, 1.54) is 21.7 Å². The predicted molar refractivity (Wildman–Crippen MR) is 142 cm³/mol. The molecular weight excluding hydrogens is 539 g/mol. The highest BCUT2D eigenvalue weighted by atomic mass is 32.2. The van der Waals surface area contributed by atoms with E-state index >= 15 is 0 Å². The van der Waals surface area contributed by atoms with Crippen molar-refractivity contribution in [3.8, 4) is 16.9 Å². The largest absolute Gasteiger partial charge is 0.379 e. The average Bonchev–Trinajstić information content (AvgIpc) is 3.32. The Bertz CT molecular complexity index is 1570. The summed E-state index contributed by atoms with van der Waals surface area (Å²) < 4.78 is 53.9. The van der Waals surface area contributed by atoms with Crippen molar-refractivity contribution in [2.24, 2.45) is 0 Å². The molecule has 1 amide bonds. The number of benzene rings is 2. The Morgan fingerprint density at radius 3 is 2.62 bits per heavy atom. The van der Waals surface area contributed by atoms with Crippen LogP contribution in [0.1, 0.15) is 28.5 Å². The smallest absolute Gasteiger partial charge is 0.275 e. The number of hydrogen-bond donors (Lipinski definition) is 0. The molecule has 0 saturated carbocycles. The van der Waals surface area contributed by atoms with Gasteiger partial charge in [-0.3, -0.25) is 9.69 Å². The Labute approximate surface area is 231 Å². The molecule has 3 aliphatic rings. The van der Waals surface area contributed by atoms with E-state index in [0.29, 0.717) is 30.9 Å². The number of ether oxygens (including phenoxy) is 2. The number of hydrogen-bond acceptors (Lipinski definition) is 8. The molecule has 0 N–H and O–H groups in total. The summed E-state index contributed by atoms with van der Waals surface area (Å²) in [6.07, 6.45) is 0.331. The van der Waals surface area contributed by atoms with Gasteiger partial charge in [0.1, 0.15) is 23.0 Å². The quantitative estimate of drug-likeness (QED) is 0.431. The van der Waals surface area contributed by atoms with Crippen LogP contribution in [0.25, 0.3) is 16.9 Å². The van der Waals surface area contributed by atoms with Crippen molar-refractivity contribution in [3.05, 3.63) is 65.1 Å². The fraction of sp³-hybridized carbons (Fsp3) is 0.393. The summed E-state index contributed by atoms with van der Waals surface area (Å²) >= 11 is 0. The van der Waals surface area contributed by atoms with Gasteiger partial charge in [-0.15, -0.1) is 0 Å². The molecule has 2 unspecified atom stereocenters. The fourth-order valence-corrected chi connectivity index (χ4v) is 7.22. The number of rotatable bonds is 5. The number of nitrogens with zero attached hydrogens (tertiary/aromatic N) is 4. The van der Waals surface area contributed by atoms with Crippen molar-refractivity contribution in [1.82, 2.24) is 19.6 Å². The summed E-state index contributed by atoms with van der Waals surface area (Å²) in [4.78, 5) is 28.9. The molecule has 10 nitrogen and oxygen atoms in total. The number of aromatic nitrogens is 2. The van der Waals surface area contributed by atoms with Crippen LogP contribution in [0.5, 0.6) is 0 Å². The Kier molecular flexibility index (Phi) is 7.03. The van der Waals surface area contributed by atoms with Crippen LogP contribution in [0.3, 0.4) is 0 Å². The maximum absolute atomic E-state index is 14.9. The number of carbonyl (C=O) groups is 2. The molecule has 0 radical (unpaired) electrons. The lowest BCUT2D eigenvalue weighted by Crippen LogP contribution is -2.52. The number of carbonyl (C=O) groups excluding carboxylic acids is 2. The molecule has 1 aromatic heterocycles. The molecule has 0 spiro atoms. The van der Waals surface area contributed by atoms with Gasteiger partial charge in [-0.05, 0) is 30.7 Å². The van der Waals surface area contributed by atoms with Crippen LogP contribution in [-0.2, 0) is 36.4 Å². The Balaban J connectivity index is 1.46. The first-order valence-corrected chi connectivity index (χ1v) is 14.8. The van der Waals surface area contributed by atoms with Crippen molar-refractivity contribution in [1.29, 1.82) is 0 Å². The standard InChI is InChI=1S/C28H29FN4O6S/c1-18-13-32(21(15-34)16-39-18)28(35)25-23-17-40(36,37)27-22(3-2-4-24(27)29)26(23)33(30-25)20-7-5-19(6-8-20)14-31-9-11-38-12-10-31/h2-8,15,18,21H,9-14,16-17H2,1H3. The Morgan fingerprint density at radius 2 is 1.90 bits per heavy atom. The lowest BCUT2D eigenvalue weighted by Gasteiger charge is -2.35. The van der Waals surface area contributed by atoms with E-state index in [1.54, 1.807) is 6.92 Å². The minimum Gasteiger partial charge on any atom is -0.379 e. The van der Waals surface area contributed by atoms with E-state index in [0.717, 1.165) is 31.3 Å². The first-order valence-electron chi connectivity index (χ1n) is 13.2. The third kappa shape index (κ3) is 4.74. The molecule has 4 heterocycles. The van der Waals surface area contributed by atoms with Crippen molar-refractivity contribution in [3.63, 3.8) is 0 Å². The van der Waals surface area contributed by atoms with Gasteiger partial charge in [0.25, 0.3) is 5.91 Å². The lowest BCUT2D eigenvalue weighted by molar-refractivity contribution is -0.119. The molecule has 2 atom stereocenters. The van der Waals surface area contributed by atoms with Crippen molar-refractivity contribution in [2.45, 2.75) is 36.3 Å². The third-order valence-corrected chi connectivity index (χ3v) is 9.27. The van der Waals surface area contributed by atoms with Gasteiger partial charge in [-0.2, -0.15) is 5.10 Å². The SMILES string of the molecule is CC1CN(C(=O)c2nn(-c3ccc(CN4CCOCC4)cc3)c3c2CS(=O)(=O)c2c(F)cccc2-3)C(C=O)CO1. The zero-order chi connectivity index (χ0) is 28.0. The molecule has 210 valence electrons. The van der Waals surface area contributed by atoms with Gasteiger partial charge in [-0.25, -0.2) is 17.5 Å². The maximum atomic E-state index is 14.9.